The van der Waals surface area contributed by atoms with Gasteiger partial charge < -0.3 is 4.90 Å². The van der Waals surface area contributed by atoms with Crippen molar-refractivity contribution in [3.05, 3.63) is 192 Å². The van der Waals surface area contributed by atoms with E-state index in [-0.39, 0.29) is 10.8 Å². The van der Waals surface area contributed by atoms with Gasteiger partial charge >= 0.3 is 0 Å². The summed E-state index contributed by atoms with van der Waals surface area (Å²) >= 11 is 0. The number of fused-ring (bicyclic) bond motifs is 6. The van der Waals surface area contributed by atoms with Crippen LogP contribution in [-0.4, -0.2) is 0 Å². The third-order valence-electron chi connectivity index (χ3n) is 11.3. The summed E-state index contributed by atoms with van der Waals surface area (Å²) in [6.45, 7) is 9.51. The van der Waals surface area contributed by atoms with Gasteiger partial charge in [-0.05, 0) is 104 Å². The second kappa shape index (κ2) is 11.5. The zero-order chi connectivity index (χ0) is 34.0. The van der Waals surface area contributed by atoms with Gasteiger partial charge in [-0.2, -0.15) is 0 Å². The molecule has 0 fully saturated rings. The molecular formula is C49H41N. The van der Waals surface area contributed by atoms with Crippen LogP contribution in [0.25, 0.3) is 39.0 Å². The number of hydrogen-bond donors (Lipinski definition) is 0. The van der Waals surface area contributed by atoms with Gasteiger partial charge in [-0.3, -0.25) is 0 Å². The molecule has 0 amide bonds. The van der Waals surface area contributed by atoms with Crippen LogP contribution in [0.15, 0.2) is 169 Å². The highest BCUT2D eigenvalue weighted by Gasteiger charge is 2.40. The Balaban J connectivity index is 1.30. The molecule has 3 aliphatic carbocycles. The van der Waals surface area contributed by atoms with Crippen LogP contribution in [0.3, 0.4) is 0 Å². The maximum atomic E-state index is 2.50. The fourth-order valence-electron chi connectivity index (χ4n) is 8.63. The zero-order valence-electron chi connectivity index (χ0n) is 29.2. The Morgan fingerprint density at radius 3 is 1.88 bits per heavy atom. The molecule has 0 N–H and O–H groups in total. The third kappa shape index (κ3) is 4.68. The molecule has 0 aliphatic heterocycles. The summed E-state index contributed by atoms with van der Waals surface area (Å²) in [5.41, 5.74) is 19.1. The van der Waals surface area contributed by atoms with E-state index in [1.165, 1.54) is 78.2 Å². The van der Waals surface area contributed by atoms with Gasteiger partial charge in [-0.1, -0.05) is 155 Å². The smallest absolute Gasteiger partial charge is 0.0543 e. The van der Waals surface area contributed by atoms with E-state index in [1.54, 1.807) is 0 Å². The van der Waals surface area contributed by atoms with E-state index in [2.05, 4.69) is 196 Å². The first kappa shape index (κ1) is 30.4. The van der Waals surface area contributed by atoms with E-state index in [0.717, 1.165) is 12.1 Å². The second-order valence-corrected chi connectivity index (χ2v) is 14.9. The Morgan fingerprint density at radius 1 is 0.480 bits per heavy atom. The Morgan fingerprint density at radius 2 is 1.12 bits per heavy atom. The molecule has 0 radical (unpaired) electrons. The number of allylic oxidation sites excluding steroid dienone is 6. The predicted molar refractivity (Wildman–Crippen MR) is 212 cm³/mol. The van der Waals surface area contributed by atoms with E-state index in [4.69, 9.17) is 0 Å². The largest absolute Gasteiger partial charge is 0.310 e. The normalized spacial score (nSPS) is 16.0. The first-order chi connectivity index (χ1) is 24.3. The van der Waals surface area contributed by atoms with Crippen LogP contribution in [0.4, 0.5) is 17.1 Å². The molecule has 0 heterocycles. The molecular weight excluding hydrogens is 603 g/mol. The van der Waals surface area contributed by atoms with Crippen molar-refractivity contribution in [3.8, 4) is 33.4 Å². The molecule has 0 aromatic heterocycles. The lowest BCUT2D eigenvalue weighted by atomic mass is 9.81. The summed E-state index contributed by atoms with van der Waals surface area (Å²) < 4.78 is 0. The molecule has 0 atom stereocenters. The predicted octanol–water partition coefficient (Wildman–Crippen LogP) is 13.4. The number of nitrogens with zero attached hydrogens (tertiary/aromatic N) is 1. The molecule has 0 saturated heterocycles. The quantitative estimate of drug-likeness (QED) is 0.181. The van der Waals surface area contributed by atoms with Crippen molar-refractivity contribution in [3.63, 3.8) is 0 Å². The van der Waals surface area contributed by atoms with Gasteiger partial charge in [-0.25, -0.2) is 0 Å². The SMILES string of the molecule is CC1(C)C2=CC=CCC=C2c2ccc(N(c3ccc(-c4ccccc4)cc3)c3cc4c(cc3-c3ccccc3)-c3ccccc3C4(C)C)cc21. The van der Waals surface area contributed by atoms with Gasteiger partial charge in [0.15, 0.2) is 0 Å². The Kier molecular flexibility index (Phi) is 6.97. The van der Waals surface area contributed by atoms with E-state index < -0.39 is 0 Å². The average molecular weight is 644 g/mol. The van der Waals surface area contributed by atoms with Crippen LogP contribution < -0.4 is 4.90 Å². The van der Waals surface area contributed by atoms with Crippen LogP contribution in [0.1, 0.15) is 56.4 Å². The zero-order valence-corrected chi connectivity index (χ0v) is 29.2. The summed E-state index contributed by atoms with van der Waals surface area (Å²) in [5, 5.41) is 0. The van der Waals surface area contributed by atoms with Gasteiger partial charge in [0.25, 0.3) is 0 Å². The molecule has 242 valence electrons. The maximum absolute atomic E-state index is 2.50. The van der Waals surface area contributed by atoms with Gasteiger partial charge in [0.2, 0.25) is 0 Å². The van der Waals surface area contributed by atoms with Crippen LogP contribution in [0.5, 0.6) is 0 Å². The fourth-order valence-corrected chi connectivity index (χ4v) is 8.63. The molecule has 0 spiro atoms. The molecule has 0 saturated carbocycles. The third-order valence-corrected chi connectivity index (χ3v) is 11.3. The second-order valence-electron chi connectivity index (χ2n) is 14.9. The first-order valence-electron chi connectivity index (χ1n) is 17.8. The summed E-state index contributed by atoms with van der Waals surface area (Å²) in [5.74, 6) is 0. The fraction of sp³-hybridized carbons (Fsp3) is 0.143. The summed E-state index contributed by atoms with van der Waals surface area (Å²) in [7, 11) is 0. The highest BCUT2D eigenvalue weighted by Crippen LogP contribution is 2.55. The summed E-state index contributed by atoms with van der Waals surface area (Å²) in [6.07, 6.45) is 10.2. The summed E-state index contributed by atoms with van der Waals surface area (Å²) in [6, 6.07) is 51.8. The molecule has 50 heavy (non-hydrogen) atoms. The van der Waals surface area contributed by atoms with Gasteiger partial charge in [0.05, 0.1) is 5.69 Å². The van der Waals surface area contributed by atoms with E-state index in [1.807, 2.05) is 0 Å². The number of rotatable bonds is 5. The average Bonchev–Trinajstić information content (AvgIpc) is 3.34. The lowest BCUT2D eigenvalue weighted by Crippen LogP contribution is -2.18. The standard InChI is InChI=1S/C49H41N/c1-48(2)43-22-13-7-12-20-38(43)40-29-28-37(30-45(40)48)50(36-26-24-34(25-27-36)33-16-8-5-9-17-33)47-32-46-42(31-41(47)35-18-10-6-11-19-35)39-21-14-15-23-44(39)49(46,3)4/h5-11,13-32H,12H2,1-4H3. The van der Waals surface area contributed by atoms with Crippen molar-refractivity contribution in [1.82, 2.24) is 0 Å². The lowest BCUT2D eigenvalue weighted by molar-refractivity contribution is 0.660. The first-order valence-corrected chi connectivity index (χ1v) is 17.8. The molecule has 9 rings (SSSR count). The minimum atomic E-state index is -0.126. The lowest BCUT2D eigenvalue weighted by Gasteiger charge is -2.31. The Hall–Kier alpha value is -5.66. The van der Waals surface area contributed by atoms with E-state index in [9.17, 15) is 0 Å². The van der Waals surface area contributed by atoms with Crippen LogP contribution in [-0.2, 0) is 10.8 Å². The van der Waals surface area contributed by atoms with Crippen molar-refractivity contribution in [2.24, 2.45) is 0 Å². The monoisotopic (exact) mass is 643 g/mol. The molecule has 1 nitrogen and oxygen atoms in total. The van der Waals surface area contributed by atoms with Crippen LogP contribution >= 0.6 is 0 Å². The molecule has 0 unspecified atom stereocenters. The van der Waals surface area contributed by atoms with Gasteiger partial charge in [0, 0.05) is 27.8 Å². The van der Waals surface area contributed by atoms with Crippen LogP contribution in [0.2, 0.25) is 0 Å². The van der Waals surface area contributed by atoms with Crippen LogP contribution in [0, 0.1) is 0 Å². The molecule has 6 aromatic carbocycles. The Bertz CT molecular complexity index is 2370. The highest BCUT2D eigenvalue weighted by atomic mass is 15.1. The molecule has 1 heteroatoms. The van der Waals surface area contributed by atoms with Gasteiger partial charge in [0.1, 0.15) is 0 Å². The van der Waals surface area contributed by atoms with E-state index in [0.29, 0.717) is 0 Å². The minimum Gasteiger partial charge on any atom is -0.310 e. The number of anilines is 3. The highest BCUT2D eigenvalue weighted by molar-refractivity contribution is 5.96. The summed E-state index contributed by atoms with van der Waals surface area (Å²) in [4.78, 5) is 2.50. The van der Waals surface area contributed by atoms with Crippen molar-refractivity contribution in [2.45, 2.75) is 44.9 Å². The maximum Gasteiger partial charge on any atom is 0.0543 e. The van der Waals surface area contributed by atoms with E-state index >= 15 is 0 Å². The number of hydrogen-bond acceptors (Lipinski definition) is 1. The number of benzene rings is 6. The minimum absolute atomic E-state index is 0.113. The van der Waals surface area contributed by atoms with Crippen molar-refractivity contribution < 1.29 is 0 Å². The Labute approximate surface area is 296 Å². The molecule has 0 bridgehead atoms. The topological polar surface area (TPSA) is 3.24 Å². The molecule has 6 aromatic rings. The van der Waals surface area contributed by atoms with Crippen molar-refractivity contribution in [1.29, 1.82) is 0 Å². The van der Waals surface area contributed by atoms with Gasteiger partial charge in [-0.15, -0.1) is 0 Å². The molecule has 3 aliphatic rings. The van der Waals surface area contributed by atoms with Crippen molar-refractivity contribution in [2.75, 3.05) is 4.90 Å². The van der Waals surface area contributed by atoms with Crippen molar-refractivity contribution >= 4 is 22.6 Å².